The summed E-state index contributed by atoms with van der Waals surface area (Å²) in [6.07, 6.45) is 10.6. The maximum Gasteiger partial charge on any atom is 0.308 e. The fraction of sp³-hybridized carbons (Fsp3) is 0.596. The maximum absolute atomic E-state index is 13.5. The zero-order valence-electron chi connectivity index (χ0n) is 39.0. The molecule has 18 heteroatoms. The van der Waals surface area contributed by atoms with E-state index in [0.29, 0.717) is 42.8 Å². The summed E-state index contributed by atoms with van der Waals surface area (Å²) in [7, 11) is 6.19. The minimum absolute atomic E-state index is 0.00353. The molecule has 0 unspecified atom stereocenters. The van der Waals surface area contributed by atoms with Gasteiger partial charge in [0, 0.05) is 65.7 Å². The van der Waals surface area contributed by atoms with Gasteiger partial charge >= 0.3 is 11.9 Å². The SMILES string of the molecule is CO[C@H]1C/C=C\c2nc(co2)-c2nc(co2)-c2nc(co2)[C@@H](OC)[C@@H](C)C(=O)/C=C\C[C@H](O)CC(=O)O[C@@H](C[C@H](OC)[C@@H](C)CC[C@@H](O)[C@H](C)[C@H](OC(C)=O)[C@H](C)/C=C/N(C)C=O)[C@@H]1C. The topological polar surface area (TPSA) is 236 Å². The van der Waals surface area contributed by atoms with Crippen molar-refractivity contribution in [2.75, 3.05) is 28.4 Å². The van der Waals surface area contributed by atoms with Gasteiger partial charge in [-0.05, 0) is 43.8 Å². The molecule has 0 saturated heterocycles. The Labute approximate surface area is 380 Å². The Morgan fingerprint density at radius 1 is 0.938 bits per heavy atom. The van der Waals surface area contributed by atoms with Gasteiger partial charge in [0.15, 0.2) is 17.2 Å². The highest BCUT2D eigenvalue weighted by Crippen LogP contribution is 2.32. The predicted molar refractivity (Wildman–Crippen MR) is 236 cm³/mol. The Morgan fingerprint density at radius 3 is 2.29 bits per heavy atom. The third-order valence-electron chi connectivity index (χ3n) is 12.0. The number of rotatable bonds is 16. The fourth-order valence-corrected chi connectivity index (χ4v) is 7.83. The first kappa shape index (κ1) is 52.4. The van der Waals surface area contributed by atoms with Crippen LogP contribution in [-0.4, -0.2) is 119 Å². The van der Waals surface area contributed by atoms with E-state index in [1.807, 2.05) is 33.8 Å². The number of esters is 2. The first-order valence-electron chi connectivity index (χ1n) is 21.9. The molecule has 0 aliphatic carbocycles. The van der Waals surface area contributed by atoms with Gasteiger partial charge in [-0.1, -0.05) is 52.8 Å². The fourth-order valence-electron chi connectivity index (χ4n) is 7.83. The van der Waals surface area contributed by atoms with Gasteiger partial charge in [0.05, 0.1) is 36.8 Å². The maximum atomic E-state index is 13.5. The Kier molecular flexibility index (Phi) is 20.5. The number of hydrogen-bond acceptors (Lipinski definition) is 17. The number of nitrogens with zero attached hydrogens (tertiary/aromatic N) is 4. The number of allylic oxidation sites excluding steroid dienone is 1. The van der Waals surface area contributed by atoms with Crippen molar-refractivity contribution in [1.82, 2.24) is 19.9 Å². The molecule has 0 spiro atoms. The lowest BCUT2D eigenvalue weighted by atomic mass is 9.83. The van der Waals surface area contributed by atoms with Crippen LogP contribution in [0.1, 0.15) is 97.8 Å². The van der Waals surface area contributed by atoms with Crippen molar-refractivity contribution in [3.8, 4) is 23.2 Å². The Balaban J connectivity index is 1.55. The molecule has 358 valence electrons. The monoisotopic (exact) mass is 910 g/mol. The smallest absolute Gasteiger partial charge is 0.308 e. The van der Waals surface area contributed by atoms with E-state index in [2.05, 4.69) is 15.0 Å². The molecule has 1 amide bonds. The Morgan fingerprint density at radius 2 is 1.62 bits per heavy atom. The van der Waals surface area contributed by atoms with Crippen LogP contribution in [0.3, 0.4) is 0 Å². The summed E-state index contributed by atoms with van der Waals surface area (Å²) in [4.78, 5) is 64.7. The number of methoxy groups -OCH3 is 3. The first-order valence-corrected chi connectivity index (χ1v) is 21.9. The van der Waals surface area contributed by atoms with Gasteiger partial charge in [-0.3, -0.25) is 19.2 Å². The number of carbonyl (C=O) groups is 4. The number of fused-ring (bicyclic) bond motifs is 8. The number of amides is 1. The Hall–Kier alpha value is -5.27. The minimum Gasteiger partial charge on any atom is -0.462 e. The quantitative estimate of drug-likeness (QED) is 0.115. The number of cyclic esters (lactones) is 1. The standard InChI is InChI=1S/C47H66N4O14/c1-27(17-18-38(56)29(3)44(64-32(6)53)28(2)19-20-51(7)26-52)40(59-9)22-41-31(5)39(58-8)15-12-16-42-48-35(24-61-42)46-50-36(25-63-46)47-49-34(23-62-47)45(60-10)30(4)37(55)14-11-13-33(54)21-43(57)65-41/h11-12,14,16,19-20,23-31,33,38-41,44-45,54,56H,13,15,17-18,21-22H2,1-10H3/b14-11-,16-12-,20-19+/t27-,28+,29-,30-,31+,33-,38+,39-,40-,41-,44+,45-/m0/s1. The third kappa shape index (κ3) is 15.1. The predicted octanol–water partition coefficient (Wildman–Crippen LogP) is 6.54. The van der Waals surface area contributed by atoms with Crippen molar-refractivity contribution in [2.45, 2.75) is 123 Å². The normalized spacial score (nSPS) is 25.2. The van der Waals surface area contributed by atoms with Gasteiger partial charge in [-0.2, -0.15) is 0 Å². The number of ether oxygens (including phenoxy) is 5. The lowest BCUT2D eigenvalue weighted by Gasteiger charge is -2.34. The third-order valence-corrected chi connectivity index (χ3v) is 12.0. The lowest BCUT2D eigenvalue weighted by molar-refractivity contribution is -0.159. The number of ketones is 1. The number of aromatic nitrogens is 3. The van der Waals surface area contributed by atoms with Crippen LogP contribution in [0.4, 0.5) is 0 Å². The number of aliphatic hydroxyl groups excluding tert-OH is 2. The molecular formula is C47H66N4O14. The second-order valence-corrected chi connectivity index (χ2v) is 16.9. The van der Waals surface area contributed by atoms with Crippen molar-refractivity contribution >= 4 is 30.2 Å². The van der Waals surface area contributed by atoms with Crippen LogP contribution in [0.5, 0.6) is 0 Å². The zero-order chi connectivity index (χ0) is 47.8. The summed E-state index contributed by atoms with van der Waals surface area (Å²) in [6.45, 7) is 10.6. The van der Waals surface area contributed by atoms with Crippen LogP contribution in [0.25, 0.3) is 29.2 Å². The Bertz CT molecular complexity index is 2060. The summed E-state index contributed by atoms with van der Waals surface area (Å²) >= 11 is 0. The molecule has 12 atom stereocenters. The molecule has 4 rings (SSSR count). The molecule has 0 radical (unpaired) electrons. The van der Waals surface area contributed by atoms with E-state index in [1.54, 1.807) is 46.5 Å². The summed E-state index contributed by atoms with van der Waals surface area (Å²) in [5.41, 5.74) is 0.991. The summed E-state index contributed by atoms with van der Waals surface area (Å²) in [5, 5.41) is 22.3. The van der Waals surface area contributed by atoms with E-state index < -0.39 is 66.5 Å². The molecule has 3 aromatic heterocycles. The van der Waals surface area contributed by atoms with E-state index >= 15 is 0 Å². The van der Waals surface area contributed by atoms with Gasteiger partial charge in [-0.25, -0.2) is 15.0 Å². The number of aliphatic hydroxyl groups is 2. The molecule has 1 aliphatic rings. The highest BCUT2D eigenvalue weighted by molar-refractivity contribution is 5.92. The number of carbonyl (C=O) groups excluding carboxylic acids is 4. The zero-order valence-corrected chi connectivity index (χ0v) is 39.0. The van der Waals surface area contributed by atoms with E-state index in [4.69, 9.17) is 36.9 Å². The molecule has 18 nitrogen and oxygen atoms in total. The average molecular weight is 911 g/mol. The minimum atomic E-state index is -1.15. The van der Waals surface area contributed by atoms with Crippen molar-refractivity contribution in [2.24, 2.45) is 29.6 Å². The van der Waals surface area contributed by atoms with Gasteiger partial charge in [0.25, 0.3) is 0 Å². The van der Waals surface area contributed by atoms with Crippen LogP contribution in [0.2, 0.25) is 0 Å². The van der Waals surface area contributed by atoms with Gasteiger partial charge < -0.3 is 52.0 Å². The summed E-state index contributed by atoms with van der Waals surface area (Å²) in [5.74, 6) is -2.79. The second-order valence-electron chi connectivity index (χ2n) is 16.9. The van der Waals surface area contributed by atoms with Crippen LogP contribution in [0, 0.1) is 29.6 Å². The second kappa shape index (κ2) is 25.4. The van der Waals surface area contributed by atoms with E-state index in [9.17, 15) is 29.4 Å². The molecule has 65 heavy (non-hydrogen) atoms. The van der Waals surface area contributed by atoms with Crippen LogP contribution < -0.4 is 0 Å². The van der Waals surface area contributed by atoms with Crippen LogP contribution in [-0.2, 0) is 42.9 Å². The molecule has 3 aromatic rings. The van der Waals surface area contributed by atoms with E-state index in [0.717, 1.165) is 0 Å². The molecule has 6 bridgehead atoms. The number of oxazole rings is 3. The lowest BCUT2D eigenvalue weighted by Crippen LogP contribution is -2.39. The molecular weight excluding hydrogens is 845 g/mol. The van der Waals surface area contributed by atoms with E-state index in [1.165, 1.54) is 49.9 Å². The largest absolute Gasteiger partial charge is 0.462 e. The summed E-state index contributed by atoms with van der Waals surface area (Å²) < 4.78 is 46.4. The first-order chi connectivity index (χ1) is 31.0. The van der Waals surface area contributed by atoms with Gasteiger partial charge in [0.1, 0.15) is 42.8 Å². The van der Waals surface area contributed by atoms with Crippen molar-refractivity contribution in [3.05, 3.63) is 60.9 Å². The molecule has 0 fully saturated rings. The number of hydrogen-bond donors (Lipinski definition) is 2. The van der Waals surface area contributed by atoms with Crippen molar-refractivity contribution < 1.29 is 66.3 Å². The van der Waals surface area contributed by atoms with Crippen LogP contribution >= 0.6 is 0 Å². The molecule has 2 N–H and O–H groups in total. The van der Waals surface area contributed by atoms with Crippen LogP contribution in [0.15, 0.2) is 62.5 Å². The van der Waals surface area contributed by atoms with Gasteiger partial charge in [0.2, 0.25) is 24.1 Å². The van der Waals surface area contributed by atoms with Crippen molar-refractivity contribution in [1.29, 1.82) is 0 Å². The highest BCUT2D eigenvalue weighted by Gasteiger charge is 2.35. The molecule has 4 heterocycles. The average Bonchev–Trinajstić information content (AvgIpc) is 4.08. The highest BCUT2D eigenvalue weighted by atomic mass is 16.6. The van der Waals surface area contributed by atoms with E-state index in [-0.39, 0.29) is 60.5 Å². The molecule has 1 aliphatic heterocycles. The molecule has 0 saturated carbocycles. The molecule has 0 aromatic carbocycles. The summed E-state index contributed by atoms with van der Waals surface area (Å²) in [6, 6.07) is 0. The van der Waals surface area contributed by atoms with Gasteiger partial charge in [-0.15, -0.1) is 0 Å². The van der Waals surface area contributed by atoms with Crippen molar-refractivity contribution in [3.63, 3.8) is 0 Å².